The number of rotatable bonds is 18. The number of fused-ring (bicyclic) bond motifs is 1. The van der Waals surface area contributed by atoms with Gasteiger partial charge in [0.1, 0.15) is 0 Å². The Hall–Kier alpha value is -1.88. The van der Waals surface area contributed by atoms with E-state index in [1.165, 1.54) is 96.3 Å². The van der Waals surface area contributed by atoms with Gasteiger partial charge in [-0.1, -0.05) is 115 Å². The van der Waals surface area contributed by atoms with Gasteiger partial charge in [-0.05, 0) is 25.6 Å². The van der Waals surface area contributed by atoms with Gasteiger partial charge < -0.3 is 14.4 Å². The van der Waals surface area contributed by atoms with E-state index in [0.29, 0.717) is 5.82 Å². The summed E-state index contributed by atoms with van der Waals surface area (Å²) in [4.78, 5) is 22.3. The number of hydrogen-bond donors (Lipinski definition) is 0. The molecule has 1 saturated heterocycles. The molecule has 1 aromatic carbocycles. The summed E-state index contributed by atoms with van der Waals surface area (Å²) >= 11 is 0. The molecule has 1 aliphatic rings. The lowest BCUT2D eigenvalue weighted by Crippen LogP contribution is -2.47. The number of aryl methyl sites for hydroxylation is 1. The van der Waals surface area contributed by atoms with Gasteiger partial charge >= 0.3 is 0 Å². The quantitative estimate of drug-likeness (QED) is 0.199. The maximum absolute atomic E-state index is 13.3. The lowest BCUT2D eigenvalue weighted by Gasteiger charge is -2.32. The fourth-order valence-electron chi connectivity index (χ4n) is 5.43. The van der Waals surface area contributed by atoms with Crippen LogP contribution in [-0.2, 0) is 6.54 Å². The third kappa shape index (κ3) is 9.53. The van der Waals surface area contributed by atoms with Gasteiger partial charge in [0.15, 0.2) is 5.82 Å². The van der Waals surface area contributed by atoms with Crippen molar-refractivity contribution in [1.29, 1.82) is 0 Å². The minimum Gasteiger partial charge on any atom is -0.333 e. The van der Waals surface area contributed by atoms with Crippen LogP contribution >= 0.6 is 0 Å². The number of carbonyl (C=O) groups excluding carboxylic acids is 1. The van der Waals surface area contributed by atoms with Crippen molar-refractivity contribution in [2.45, 2.75) is 116 Å². The Morgan fingerprint density at radius 3 is 1.78 bits per heavy atom. The number of benzene rings is 1. The Balaban J connectivity index is 1.29. The molecule has 1 aromatic heterocycles. The smallest absolute Gasteiger partial charge is 0.289 e. The molecule has 5 nitrogen and oxygen atoms in total. The molecular formula is C31H52N4O. The van der Waals surface area contributed by atoms with Gasteiger partial charge in [-0.25, -0.2) is 4.98 Å². The van der Waals surface area contributed by atoms with E-state index in [2.05, 4.69) is 35.6 Å². The zero-order valence-corrected chi connectivity index (χ0v) is 23.4. The van der Waals surface area contributed by atoms with Gasteiger partial charge in [-0.3, -0.25) is 4.79 Å². The number of piperazine rings is 1. The first kappa shape index (κ1) is 28.7. The number of unbranched alkanes of at least 4 members (excludes halogenated alkanes) is 15. The van der Waals surface area contributed by atoms with E-state index in [1.54, 1.807) is 0 Å². The predicted octanol–water partition coefficient (Wildman–Crippen LogP) is 7.69. The molecule has 202 valence electrons. The van der Waals surface area contributed by atoms with Crippen LogP contribution in [0.2, 0.25) is 0 Å². The largest absolute Gasteiger partial charge is 0.333 e. The summed E-state index contributed by atoms with van der Waals surface area (Å²) in [5.74, 6) is 0.720. The highest BCUT2D eigenvalue weighted by Crippen LogP contribution is 2.20. The molecule has 1 aliphatic heterocycles. The molecule has 0 aliphatic carbocycles. The van der Waals surface area contributed by atoms with Crippen molar-refractivity contribution < 1.29 is 4.79 Å². The second-order valence-corrected chi connectivity index (χ2v) is 11.0. The normalized spacial score (nSPS) is 14.7. The average molecular weight is 497 g/mol. The number of amides is 1. The van der Waals surface area contributed by atoms with Crippen molar-refractivity contribution in [3.8, 4) is 0 Å². The third-order valence-corrected chi connectivity index (χ3v) is 7.87. The molecule has 1 fully saturated rings. The minimum atomic E-state index is 0.0933. The highest BCUT2D eigenvalue weighted by Gasteiger charge is 2.25. The number of carbonyl (C=O) groups is 1. The summed E-state index contributed by atoms with van der Waals surface area (Å²) in [5.41, 5.74) is 2.03. The van der Waals surface area contributed by atoms with Crippen molar-refractivity contribution >= 4 is 16.9 Å². The fraction of sp³-hybridized carbons (Fsp3) is 0.742. The monoisotopic (exact) mass is 496 g/mol. The topological polar surface area (TPSA) is 41.4 Å². The predicted molar refractivity (Wildman–Crippen MR) is 153 cm³/mol. The van der Waals surface area contributed by atoms with Crippen LogP contribution in [0.4, 0.5) is 0 Å². The molecule has 2 heterocycles. The first-order valence-corrected chi connectivity index (χ1v) is 15.1. The lowest BCUT2D eigenvalue weighted by atomic mass is 10.0. The molecule has 2 aromatic rings. The molecule has 0 atom stereocenters. The fourth-order valence-corrected chi connectivity index (χ4v) is 5.43. The molecule has 0 radical (unpaired) electrons. The summed E-state index contributed by atoms with van der Waals surface area (Å²) in [6.07, 6.45) is 22.0. The van der Waals surface area contributed by atoms with Crippen LogP contribution in [0, 0.1) is 0 Å². The Kier molecular flexibility index (Phi) is 13.4. The highest BCUT2D eigenvalue weighted by molar-refractivity contribution is 5.95. The number of imidazole rings is 1. The summed E-state index contributed by atoms with van der Waals surface area (Å²) in [5, 5.41) is 0. The van der Waals surface area contributed by atoms with Crippen LogP contribution < -0.4 is 0 Å². The SMILES string of the molecule is CCCCCCCCCCCCCCCCCCn1c(C(=O)N2CCN(C)CC2)nc2ccccc21. The van der Waals surface area contributed by atoms with Crippen LogP contribution in [0.15, 0.2) is 24.3 Å². The second kappa shape index (κ2) is 16.8. The molecule has 0 saturated carbocycles. The number of hydrogen-bond acceptors (Lipinski definition) is 3. The standard InChI is InChI=1S/C31H52N4O/c1-3-4-5-6-7-8-9-10-11-12-13-14-15-16-17-20-23-35-29-22-19-18-21-28(29)32-30(35)31(36)34-26-24-33(2)25-27-34/h18-19,21-22H,3-17,20,23-27H2,1-2H3. The van der Waals surface area contributed by atoms with E-state index in [0.717, 1.165) is 50.2 Å². The Morgan fingerprint density at radius 1 is 0.722 bits per heavy atom. The molecule has 0 bridgehead atoms. The number of likely N-dealkylation sites (N-methyl/N-ethyl adjacent to an activating group) is 1. The summed E-state index contributed by atoms with van der Waals surface area (Å²) < 4.78 is 2.18. The first-order valence-electron chi connectivity index (χ1n) is 15.1. The Morgan fingerprint density at radius 2 is 1.22 bits per heavy atom. The molecule has 0 N–H and O–H groups in total. The van der Waals surface area contributed by atoms with E-state index in [-0.39, 0.29) is 5.91 Å². The average Bonchev–Trinajstić information content (AvgIpc) is 3.27. The van der Waals surface area contributed by atoms with E-state index in [4.69, 9.17) is 4.98 Å². The van der Waals surface area contributed by atoms with Crippen molar-refractivity contribution in [3.63, 3.8) is 0 Å². The van der Waals surface area contributed by atoms with Crippen LogP contribution in [-0.4, -0.2) is 58.5 Å². The second-order valence-electron chi connectivity index (χ2n) is 11.0. The highest BCUT2D eigenvalue weighted by atomic mass is 16.2. The molecular weight excluding hydrogens is 444 g/mol. The molecule has 1 amide bonds. The van der Waals surface area contributed by atoms with E-state index in [9.17, 15) is 4.79 Å². The van der Waals surface area contributed by atoms with Crippen LogP contribution in [0.5, 0.6) is 0 Å². The third-order valence-electron chi connectivity index (χ3n) is 7.87. The number of aromatic nitrogens is 2. The molecule has 36 heavy (non-hydrogen) atoms. The van der Waals surface area contributed by atoms with Crippen LogP contribution in [0.3, 0.4) is 0 Å². The van der Waals surface area contributed by atoms with Crippen LogP contribution in [0.25, 0.3) is 11.0 Å². The zero-order chi connectivity index (χ0) is 25.4. The summed E-state index contributed by atoms with van der Waals surface area (Å²) in [6.45, 7) is 6.62. The maximum Gasteiger partial charge on any atom is 0.289 e. The Labute approximate surface area is 220 Å². The number of para-hydroxylation sites is 2. The summed E-state index contributed by atoms with van der Waals surface area (Å²) in [6, 6.07) is 8.20. The van der Waals surface area contributed by atoms with Gasteiger partial charge in [0, 0.05) is 32.7 Å². The van der Waals surface area contributed by atoms with Gasteiger partial charge in [0.25, 0.3) is 5.91 Å². The first-order chi connectivity index (χ1) is 17.7. The Bertz CT molecular complexity index is 869. The maximum atomic E-state index is 13.3. The van der Waals surface area contributed by atoms with Gasteiger partial charge in [0.05, 0.1) is 11.0 Å². The molecule has 3 rings (SSSR count). The summed E-state index contributed by atoms with van der Waals surface area (Å²) in [7, 11) is 2.12. The van der Waals surface area contributed by atoms with Crippen molar-refractivity contribution in [2.24, 2.45) is 0 Å². The van der Waals surface area contributed by atoms with E-state index >= 15 is 0 Å². The van der Waals surface area contributed by atoms with Crippen molar-refractivity contribution in [1.82, 2.24) is 19.4 Å². The molecule has 0 unspecified atom stereocenters. The molecule has 5 heteroatoms. The van der Waals surface area contributed by atoms with Crippen molar-refractivity contribution in [2.75, 3.05) is 33.2 Å². The number of nitrogens with zero attached hydrogens (tertiary/aromatic N) is 4. The van der Waals surface area contributed by atoms with Gasteiger partial charge in [0.2, 0.25) is 0 Å². The van der Waals surface area contributed by atoms with Crippen LogP contribution in [0.1, 0.15) is 120 Å². The minimum absolute atomic E-state index is 0.0933. The van der Waals surface area contributed by atoms with Gasteiger partial charge in [-0.2, -0.15) is 0 Å². The lowest BCUT2D eigenvalue weighted by molar-refractivity contribution is 0.0647. The van der Waals surface area contributed by atoms with Gasteiger partial charge in [-0.15, -0.1) is 0 Å². The van der Waals surface area contributed by atoms with Crippen molar-refractivity contribution in [3.05, 3.63) is 30.1 Å². The van der Waals surface area contributed by atoms with E-state index < -0.39 is 0 Å². The van der Waals surface area contributed by atoms with E-state index in [1.807, 2.05) is 17.0 Å². The molecule has 0 spiro atoms. The zero-order valence-electron chi connectivity index (χ0n) is 23.4.